The summed E-state index contributed by atoms with van der Waals surface area (Å²) in [5.41, 5.74) is 6.71. The second-order valence-corrected chi connectivity index (χ2v) is 4.12. The molecule has 1 aliphatic heterocycles. The third-order valence-electron chi connectivity index (χ3n) is 2.92. The van der Waals surface area contributed by atoms with Gasteiger partial charge in [-0.1, -0.05) is 25.1 Å². The minimum Gasteiger partial charge on any atom is -0.493 e. The van der Waals surface area contributed by atoms with Crippen molar-refractivity contribution in [3.05, 3.63) is 29.8 Å². The molecular formula is C11H15NO2. The SMILES string of the molecule is C[C@@]1(CO)COc2ccccc2[C@@H]1N. The van der Waals surface area contributed by atoms with Gasteiger partial charge in [-0.05, 0) is 6.07 Å². The van der Waals surface area contributed by atoms with Crippen molar-refractivity contribution >= 4 is 0 Å². The average Bonchev–Trinajstić information content (AvgIpc) is 2.24. The van der Waals surface area contributed by atoms with Crippen LogP contribution in [0.2, 0.25) is 0 Å². The first kappa shape index (κ1) is 9.49. The summed E-state index contributed by atoms with van der Waals surface area (Å²) in [6, 6.07) is 7.56. The quantitative estimate of drug-likeness (QED) is 0.701. The Labute approximate surface area is 83.5 Å². The fourth-order valence-corrected chi connectivity index (χ4v) is 1.72. The van der Waals surface area contributed by atoms with E-state index >= 15 is 0 Å². The molecule has 0 aromatic heterocycles. The zero-order valence-corrected chi connectivity index (χ0v) is 8.23. The zero-order valence-electron chi connectivity index (χ0n) is 8.23. The molecule has 1 aromatic rings. The Kier molecular flexibility index (Phi) is 2.21. The molecular weight excluding hydrogens is 178 g/mol. The highest BCUT2D eigenvalue weighted by atomic mass is 16.5. The molecule has 1 heterocycles. The number of fused-ring (bicyclic) bond motifs is 1. The highest BCUT2D eigenvalue weighted by Crippen LogP contribution is 2.40. The molecule has 0 unspecified atom stereocenters. The summed E-state index contributed by atoms with van der Waals surface area (Å²) in [5.74, 6) is 0.839. The van der Waals surface area contributed by atoms with E-state index < -0.39 is 0 Å². The lowest BCUT2D eigenvalue weighted by Crippen LogP contribution is -2.43. The van der Waals surface area contributed by atoms with Crippen LogP contribution in [0.1, 0.15) is 18.5 Å². The molecule has 3 N–H and O–H groups in total. The number of hydrogen-bond acceptors (Lipinski definition) is 3. The van der Waals surface area contributed by atoms with Gasteiger partial charge in [0.1, 0.15) is 5.75 Å². The van der Waals surface area contributed by atoms with Crippen LogP contribution in [-0.2, 0) is 0 Å². The van der Waals surface area contributed by atoms with E-state index in [0.717, 1.165) is 11.3 Å². The van der Waals surface area contributed by atoms with Crippen LogP contribution in [0.5, 0.6) is 5.75 Å². The van der Waals surface area contributed by atoms with E-state index in [1.807, 2.05) is 31.2 Å². The van der Waals surface area contributed by atoms with Crippen LogP contribution in [0.15, 0.2) is 24.3 Å². The molecule has 0 radical (unpaired) electrons. The van der Waals surface area contributed by atoms with Gasteiger partial charge in [-0.15, -0.1) is 0 Å². The second kappa shape index (κ2) is 3.26. The van der Waals surface area contributed by atoms with E-state index in [1.54, 1.807) is 0 Å². The molecule has 0 fully saturated rings. The first-order valence-corrected chi connectivity index (χ1v) is 4.75. The van der Waals surface area contributed by atoms with Crippen molar-refractivity contribution in [2.45, 2.75) is 13.0 Å². The maximum Gasteiger partial charge on any atom is 0.124 e. The summed E-state index contributed by atoms with van der Waals surface area (Å²) in [7, 11) is 0. The monoisotopic (exact) mass is 193 g/mol. The number of rotatable bonds is 1. The van der Waals surface area contributed by atoms with Crippen LogP contribution in [-0.4, -0.2) is 18.3 Å². The summed E-state index contributed by atoms with van der Waals surface area (Å²) in [6.07, 6.45) is 0. The maximum absolute atomic E-state index is 9.29. The third-order valence-corrected chi connectivity index (χ3v) is 2.92. The molecule has 3 nitrogen and oxygen atoms in total. The Morgan fingerprint density at radius 3 is 3.00 bits per heavy atom. The van der Waals surface area contributed by atoms with E-state index in [9.17, 15) is 5.11 Å². The fourth-order valence-electron chi connectivity index (χ4n) is 1.72. The smallest absolute Gasteiger partial charge is 0.124 e. The summed E-state index contributed by atoms with van der Waals surface area (Å²) < 4.78 is 5.56. The molecule has 2 atom stereocenters. The van der Waals surface area contributed by atoms with Gasteiger partial charge in [0.25, 0.3) is 0 Å². The van der Waals surface area contributed by atoms with Crippen molar-refractivity contribution in [1.29, 1.82) is 0 Å². The molecule has 14 heavy (non-hydrogen) atoms. The lowest BCUT2D eigenvalue weighted by atomic mass is 9.78. The molecule has 2 rings (SSSR count). The Balaban J connectivity index is 2.41. The number of ether oxygens (including phenoxy) is 1. The van der Waals surface area contributed by atoms with Gasteiger partial charge >= 0.3 is 0 Å². The Morgan fingerprint density at radius 1 is 1.57 bits per heavy atom. The van der Waals surface area contributed by atoms with Crippen molar-refractivity contribution in [3.8, 4) is 5.75 Å². The fraction of sp³-hybridized carbons (Fsp3) is 0.455. The van der Waals surface area contributed by atoms with Crippen molar-refractivity contribution < 1.29 is 9.84 Å². The van der Waals surface area contributed by atoms with E-state index in [0.29, 0.717) is 6.61 Å². The second-order valence-electron chi connectivity index (χ2n) is 4.12. The number of nitrogens with two attached hydrogens (primary N) is 1. The van der Waals surface area contributed by atoms with Crippen LogP contribution >= 0.6 is 0 Å². The number of aliphatic hydroxyl groups is 1. The minimum atomic E-state index is -0.367. The highest BCUT2D eigenvalue weighted by molar-refractivity contribution is 5.38. The molecule has 76 valence electrons. The summed E-state index contributed by atoms with van der Waals surface area (Å²) >= 11 is 0. The van der Waals surface area contributed by atoms with Crippen molar-refractivity contribution in [3.63, 3.8) is 0 Å². The Morgan fingerprint density at radius 2 is 2.29 bits per heavy atom. The summed E-state index contributed by atoms with van der Waals surface area (Å²) in [6.45, 7) is 2.46. The third kappa shape index (κ3) is 1.29. The van der Waals surface area contributed by atoms with E-state index in [-0.39, 0.29) is 18.1 Å². The highest BCUT2D eigenvalue weighted by Gasteiger charge is 2.38. The molecule has 0 bridgehead atoms. The molecule has 0 spiro atoms. The Hall–Kier alpha value is -1.06. The van der Waals surface area contributed by atoms with Crippen LogP contribution in [0, 0.1) is 5.41 Å². The predicted octanol–water partition coefficient (Wildman–Crippen LogP) is 1.08. The predicted molar refractivity (Wildman–Crippen MR) is 54.1 cm³/mol. The van der Waals surface area contributed by atoms with Crippen LogP contribution in [0.4, 0.5) is 0 Å². The number of para-hydroxylation sites is 1. The van der Waals surface area contributed by atoms with Gasteiger partial charge in [-0.2, -0.15) is 0 Å². The van der Waals surface area contributed by atoms with Gasteiger partial charge in [0.05, 0.1) is 13.2 Å². The molecule has 0 aliphatic carbocycles. The summed E-state index contributed by atoms with van der Waals surface area (Å²) in [4.78, 5) is 0. The first-order valence-electron chi connectivity index (χ1n) is 4.75. The molecule has 0 saturated carbocycles. The number of benzene rings is 1. The number of aliphatic hydroxyl groups excluding tert-OH is 1. The van der Waals surface area contributed by atoms with Crippen molar-refractivity contribution in [2.75, 3.05) is 13.2 Å². The zero-order chi connectivity index (χ0) is 10.2. The van der Waals surface area contributed by atoms with E-state index in [2.05, 4.69) is 0 Å². The summed E-state index contributed by atoms with van der Waals surface area (Å²) in [5, 5.41) is 9.29. The lowest BCUT2D eigenvalue weighted by molar-refractivity contribution is 0.0414. The molecule has 3 heteroatoms. The van der Waals surface area contributed by atoms with Crippen LogP contribution < -0.4 is 10.5 Å². The minimum absolute atomic E-state index is 0.0441. The van der Waals surface area contributed by atoms with Crippen molar-refractivity contribution in [1.82, 2.24) is 0 Å². The van der Waals surface area contributed by atoms with Gasteiger partial charge in [-0.3, -0.25) is 0 Å². The molecule has 0 saturated heterocycles. The van der Waals surface area contributed by atoms with Gasteiger partial charge in [-0.25, -0.2) is 0 Å². The molecule has 1 aromatic carbocycles. The normalized spacial score (nSPS) is 30.6. The first-order chi connectivity index (χ1) is 6.67. The van der Waals surface area contributed by atoms with Gasteiger partial charge in [0.15, 0.2) is 0 Å². The van der Waals surface area contributed by atoms with Crippen molar-refractivity contribution in [2.24, 2.45) is 11.1 Å². The number of hydrogen-bond donors (Lipinski definition) is 2. The average molecular weight is 193 g/mol. The topological polar surface area (TPSA) is 55.5 Å². The Bertz CT molecular complexity index is 340. The van der Waals surface area contributed by atoms with Gasteiger partial charge in [0.2, 0.25) is 0 Å². The van der Waals surface area contributed by atoms with E-state index in [1.165, 1.54) is 0 Å². The molecule has 0 amide bonds. The largest absolute Gasteiger partial charge is 0.493 e. The van der Waals surface area contributed by atoms with Gasteiger partial charge < -0.3 is 15.6 Å². The van der Waals surface area contributed by atoms with Crippen LogP contribution in [0.25, 0.3) is 0 Å². The van der Waals surface area contributed by atoms with Gasteiger partial charge in [0, 0.05) is 17.0 Å². The standard InChI is InChI=1S/C11H15NO2/c1-11(6-13)7-14-9-5-3-2-4-8(9)10(11)12/h2-5,10,13H,6-7,12H2,1H3/t10-,11+/m0/s1. The molecule has 1 aliphatic rings. The maximum atomic E-state index is 9.29. The van der Waals surface area contributed by atoms with Crippen LogP contribution in [0.3, 0.4) is 0 Å². The van der Waals surface area contributed by atoms with E-state index in [4.69, 9.17) is 10.5 Å². The lowest BCUT2D eigenvalue weighted by Gasteiger charge is -2.38.